The van der Waals surface area contributed by atoms with Gasteiger partial charge in [0.2, 0.25) is 5.76 Å². The molecule has 5 rings (SSSR count). The summed E-state index contributed by atoms with van der Waals surface area (Å²) in [6.07, 6.45) is 2.84. The molecule has 0 spiro atoms. The van der Waals surface area contributed by atoms with Crippen molar-refractivity contribution in [3.63, 3.8) is 0 Å². The van der Waals surface area contributed by atoms with Crippen molar-refractivity contribution in [3.05, 3.63) is 82.1 Å². The maximum absolute atomic E-state index is 13.1. The van der Waals surface area contributed by atoms with Crippen LogP contribution < -0.4 is 4.74 Å². The first-order valence-corrected chi connectivity index (χ1v) is 9.73. The van der Waals surface area contributed by atoms with E-state index in [2.05, 4.69) is 15.0 Å². The topological polar surface area (TPSA) is 105 Å². The molecule has 0 fully saturated rings. The van der Waals surface area contributed by atoms with Gasteiger partial charge in [-0.05, 0) is 18.2 Å². The lowest BCUT2D eigenvalue weighted by atomic mass is 10.0. The van der Waals surface area contributed by atoms with E-state index in [0.717, 1.165) is 5.39 Å². The Morgan fingerprint density at radius 1 is 1.13 bits per heavy atom. The first-order chi connectivity index (χ1) is 15.0. The van der Waals surface area contributed by atoms with Crippen molar-refractivity contribution in [2.24, 2.45) is 0 Å². The van der Waals surface area contributed by atoms with E-state index >= 15 is 0 Å². The molecule has 0 unspecified atom stereocenters. The monoisotopic (exact) mass is 448 g/mol. The average molecular weight is 449 g/mol. The largest absolute Gasteiger partial charge is 0.453 e. The Bertz CT molecular complexity index is 1530. The number of halogens is 2. The Labute approximate surface area is 184 Å². The Balaban J connectivity index is 1.49. The summed E-state index contributed by atoms with van der Waals surface area (Å²) in [5.74, 6) is 0.691. The lowest BCUT2D eigenvalue weighted by Crippen LogP contribution is -2.02. The van der Waals surface area contributed by atoms with Crippen LogP contribution in [-0.4, -0.2) is 20.7 Å². The molecular formula is C22H10Cl2N4O3. The van der Waals surface area contributed by atoms with E-state index in [0.29, 0.717) is 33.7 Å². The molecule has 150 valence electrons. The van der Waals surface area contributed by atoms with Crippen LogP contribution in [0.25, 0.3) is 22.0 Å². The zero-order valence-corrected chi connectivity index (χ0v) is 17.0. The van der Waals surface area contributed by atoms with Crippen molar-refractivity contribution in [1.82, 2.24) is 15.0 Å². The number of ether oxygens (including phenoxy) is 1. The smallest absolute Gasteiger partial charge is 0.205 e. The Kier molecular flexibility index (Phi) is 4.59. The van der Waals surface area contributed by atoms with Crippen LogP contribution in [0.15, 0.2) is 59.4 Å². The van der Waals surface area contributed by atoms with Gasteiger partial charge in [-0.1, -0.05) is 35.3 Å². The van der Waals surface area contributed by atoms with E-state index in [9.17, 15) is 4.79 Å². The zero-order chi connectivity index (χ0) is 21.5. The van der Waals surface area contributed by atoms with Crippen LogP contribution in [0, 0.1) is 11.3 Å². The zero-order valence-electron chi connectivity index (χ0n) is 15.5. The van der Waals surface area contributed by atoms with Gasteiger partial charge in [0.05, 0.1) is 16.0 Å². The van der Waals surface area contributed by atoms with E-state index in [-0.39, 0.29) is 27.3 Å². The van der Waals surface area contributed by atoms with E-state index in [1.165, 1.54) is 18.6 Å². The lowest BCUT2D eigenvalue weighted by molar-refractivity contribution is 0.104. The van der Waals surface area contributed by atoms with E-state index in [1.54, 1.807) is 30.3 Å². The van der Waals surface area contributed by atoms with Crippen LogP contribution in [0.3, 0.4) is 0 Å². The van der Waals surface area contributed by atoms with Crippen LogP contribution in [0.5, 0.6) is 11.5 Å². The third-order valence-corrected chi connectivity index (χ3v) is 5.30. The van der Waals surface area contributed by atoms with Crippen LogP contribution >= 0.6 is 23.2 Å². The highest BCUT2D eigenvalue weighted by Gasteiger charge is 2.20. The van der Waals surface area contributed by atoms with Crippen molar-refractivity contribution in [3.8, 4) is 17.6 Å². The SMILES string of the molecule is N#Cc1cc2cccc(Oc3ccc(C(=O)c4c[nH]c5ncnc(Cl)c45)c(Cl)c3)c2o1. The molecule has 0 radical (unpaired) electrons. The molecular weight excluding hydrogens is 439 g/mol. The highest BCUT2D eigenvalue weighted by molar-refractivity contribution is 6.38. The van der Waals surface area contributed by atoms with Crippen LogP contribution in [0.2, 0.25) is 10.2 Å². The summed E-state index contributed by atoms with van der Waals surface area (Å²) in [6, 6.07) is 13.6. The summed E-state index contributed by atoms with van der Waals surface area (Å²) in [5.41, 5.74) is 1.50. The second kappa shape index (κ2) is 7.43. The summed E-state index contributed by atoms with van der Waals surface area (Å²) in [5, 5.41) is 10.6. The number of nitrogens with zero attached hydrogens (tertiary/aromatic N) is 3. The minimum atomic E-state index is -0.328. The number of benzene rings is 2. The number of rotatable bonds is 4. The second-order valence-electron chi connectivity index (χ2n) is 6.56. The fourth-order valence-corrected chi connectivity index (χ4v) is 3.78. The molecule has 1 N–H and O–H groups in total. The molecule has 0 bridgehead atoms. The number of nitrogens with one attached hydrogen (secondary N) is 1. The minimum Gasteiger partial charge on any atom is -0.453 e. The number of carbonyl (C=O) groups excluding carboxylic acids is 1. The standard InChI is InChI=1S/C22H10Cl2N4O3/c23-16-7-12(30-17-3-1-2-11-6-13(8-25)31-20(11)17)4-5-14(16)19(29)15-9-26-22-18(15)21(24)27-10-28-22/h1-7,9-10H,(H,26,27,28). The third-order valence-electron chi connectivity index (χ3n) is 4.70. The summed E-state index contributed by atoms with van der Waals surface area (Å²) in [4.78, 5) is 24.0. The normalized spacial score (nSPS) is 11.0. The van der Waals surface area contributed by atoms with Crippen LogP contribution in [-0.2, 0) is 0 Å². The molecule has 7 nitrogen and oxygen atoms in total. The first-order valence-electron chi connectivity index (χ1n) is 8.97. The minimum absolute atomic E-state index is 0.175. The average Bonchev–Trinajstić information content (AvgIpc) is 3.39. The molecule has 31 heavy (non-hydrogen) atoms. The summed E-state index contributed by atoms with van der Waals surface area (Å²) >= 11 is 12.5. The molecule has 3 heterocycles. The molecule has 0 aliphatic carbocycles. The number of fused-ring (bicyclic) bond motifs is 2. The molecule has 0 aliphatic rings. The number of para-hydroxylation sites is 1. The predicted octanol–water partition coefficient (Wildman–Crippen LogP) is 5.91. The first kappa shape index (κ1) is 19.1. The van der Waals surface area contributed by atoms with E-state index in [4.69, 9.17) is 37.6 Å². The van der Waals surface area contributed by atoms with Gasteiger partial charge in [0.15, 0.2) is 17.1 Å². The second-order valence-corrected chi connectivity index (χ2v) is 7.33. The van der Waals surface area contributed by atoms with Gasteiger partial charge in [0.1, 0.15) is 28.9 Å². The van der Waals surface area contributed by atoms with Crippen molar-refractivity contribution in [2.45, 2.75) is 0 Å². The van der Waals surface area contributed by atoms with E-state index in [1.807, 2.05) is 12.1 Å². The van der Waals surface area contributed by atoms with Crippen LogP contribution in [0.1, 0.15) is 21.7 Å². The molecule has 0 aliphatic heterocycles. The number of furan rings is 1. The molecule has 9 heteroatoms. The van der Waals surface area contributed by atoms with Gasteiger partial charge >= 0.3 is 0 Å². The maximum Gasteiger partial charge on any atom is 0.205 e. The molecule has 5 aromatic rings. The number of nitriles is 1. The number of ketones is 1. The molecule has 0 atom stereocenters. The predicted molar refractivity (Wildman–Crippen MR) is 115 cm³/mol. The van der Waals surface area contributed by atoms with Gasteiger partial charge in [-0.25, -0.2) is 9.97 Å². The maximum atomic E-state index is 13.1. The fourth-order valence-electron chi connectivity index (χ4n) is 3.29. The van der Waals surface area contributed by atoms with Gasteiger partial charge in [-0.2, -0.15) is 5.26 Å². The van der Waals surface area contributed by atoms with Gasteiger partial charge < -0.3 is 14.1 Å². The number of hydrogen-bond acceptors (Lipinski definition) is 6. The number of H-pyrrole nitrogens is 1. The lowest BCUT2D eigenvalue weighted by Gasteiger charge is -2.09. The Morgan fingerprint density at radius 3 is 2.81 bits per heavy atom. The van der Waals surface area contributed by atoms with Gasteiger partial charge in [0, 0.05) is 29.3 Å². The molecule has 2 aromatic carbocycles. The van der Waals surface area contributed by atoms with Crippen molar-refractivity contribution in [2.75, 3.05) is 0 Å². The van der Waals surface area contributed by atoms with E-state index < -0.39 is 0 Å². The quantitative estimate of drug-likeness (QED) is 0.270. The van der Waals surface area contributed by atoms with Crippen molar-refractivity contribution < 1.29 is 13.9 Å². The number of aromatic nitrogens is 3. The molecule has 0 amide bonds. The number of aromatic amines is 1. The summed E-state index contributed by atoms with van der Waals surface area (Å²) < 4.78 is 11.4. The van der Waals surface area contributed by atoms with Gasteiger partial charge in [0.25, 0.3) is 0 Å². The van der Waals surface area contributed by atoms with Crippen LogP contribution in [0.4, 0.5) is 0 Å². The summed E-state index contributed by atoms with van der Waals surface area (Å²) in [7, 11) is 0. The molecule has 0 saturated carbocycles. The Morgan fingerprint density at radius 2 is 2.00 bits per heavy atom. The highest BCUT2D eigenvalue weighted by Crippen LogP contribution is 2.34. The van der Waals surface area contributed by atoms with Gasteiger partial charge in [-0.15, -0.1) is 0 Å². The van der Waals surface area contributed by atoms with Crippen molar-refractivity contribution in [1.29, 1.82) is 5.26 Å². The third kappa shape index (κ3) is 3.28. The highest BCUT2D eigenvalue weighted by atomic mass is 35.5. The molecule has 0 saturated heterocycles. The summed E-state index contributed by atoms with van der Waals surface area (Å²) in [6.45, 7) is 0. The fraction of sp³-hybridized carbons (Fsp3) is 0. The molecule has 3 aromatic heterocycles. The Hall–Kier alpha value is -3.86. The number of carbonyl (C=O) groups is 1. The van der Waals surface area contributed by atoms with Crippen molar-refractivity contribution >= 4 is 51.0 Å². The van der Waals surface area contributed by atoms with Gasteiger partial charge in [-0.3, -0.25) is 4.79 Å². The number of hydrogen-bond donors (Lipinski definition) is 1.